The molecule has 0 aliphatic carbocycles. The lowest BCUT2D eigenvalue weighted by Crippen LogP contribution is -2.44. The largest absolute Gasteiger partial charge is 0.338 e. The molecule has 1 rings (SSSR count). The van der Waals surface area contributed by atoms with Crippen molar-refractivity contribution < 1.29 is 9.53 Å². The third-order valence-corrected chi connectivity index (χ3v) is 2.97. The van der Waals surface area contributed by atoms with Crippen LogP contribution < -0.4 is 5.32 Å². The van der Waals surface area contributed by atoms with Crippen molar-refractivity contribution in [3.8, 4) is 0 Å². The first-order valence-corrected chi connectivity index (χ1v) is 5.37. The Morgan fingerprint density at radius 3 is 2.21 bits per heavy atom. The number of carbonyl (C=O) groups is 1. The predicted molar refractivity (Wildman–Crippen MR) is 56.5 cm³/mol. The number of nitrogens with one attached hydrogen (secondary N) is 1. The van der Waals surface area contributed by atoms with Crippen molar-refractivity contribution in [2.45, 2.75) is 36.4 Å². The second-order valence-corrected chi connectivity index (χ2v) is 6.16. The van der Waals surface area contributed by atoms with Crippen molar-refractivity contribution >= 4 is 40.7 Å². The van der Waals surface area contributed by atoms with Crippen LogP contribution in [-0.2, 0) is 9.53 Å². The summed E-state index contributed by atoms with van der Waals surface area (Å²) in [7, 11) is 0. The Hall–Kier alpha value is 0.300. The standard InChI is InChI=1S/C8H12Cl3NO2/c1-4(2)7(3)12-6(13)5(14-7)8(9,10)11/h4-5H,1-3H3,(H,12,13)/t5-,7+/m0/s1. The number of hydrogen-bond donors (Lipinski definition) is 1. The molecule has 0 aromatic rings. The summed E-state index contributed by atoms with van der Waals surface area (Å²) in [5.74, 6) is -0.287. The summed E-state index contributed by atoms with van der Waals surface area (Å²) in [5, 5.41) is 2.67. The molecule has 1 aliphatic heterocycles. The molecule has 1 saturated heterocycles. The fourth-order valence-corrected chi connectivity index (χ4v) is 1.56. The zero-order valence-electron chi connectivity index (χ0n) is 8.11. The van der Waals surface area contributed by atoms with E-state index in [1.165, 1.54) is 0 Å². The normalized spacial score (nSPS) is 33.6. The Balaban J connectivity index is 2.84. The molecule has 6 heteroatoms. The van der Waals surface area contributed by atoms with Crippen LogP contribution in [-0.4, -0.2) is 21.5 Å². The van der Waals surface area contributed by atoms with Crippen LogP contribution in [0.4, 0.5) is 0 Å². The Bertz CT molecular complexity index is 251. The summed E-state index contributed by atoms with van der Waals surface area (Å²) in [4.78, 5) is 11.5. The van der Waals surface area contributed by atoms with E-state index in [0.717, 1.165) is 0 Å². The minimum absolute atomic E-state index is 0.101. The molecule has 1 aliphatic rings. The molecule has 82 valence electrons. The number of rotatable bonds is 1. The molecule has 14 heavy (non-hydrogen) atoms. The molecule has 0 aromatic heterocycles. The first-order chi connectivity index (χ1) is 6.17. The van der Waals surface area contributed by atoms with Crippen molar-refractivity contribution in [2.24, 2.45) is 5.92 Å². The Kier molecular flexibility index (Phi) is 3.27. The van der Waals surface area contributed by atoms with Gasteiger partial charge in [0.25, 0.3) is 5.91 Å². The molecular formula is C8H12Cl3NO2. The van der Waals surface area contributed by atoms with Crippen LogP contribution in [0.1, 0.15) is 20.8 Å². The van der Waals surface area contributed by atoms with E-state index in [1.807, 2.05) is 13.8 Å². The number of hydrogen-bond acceptors (Lipinski definition) is 2. The zero-order chi connectivity index (χ0) is 11.1. The van der Waals surface area contributed by atoms with Crippen LogP contribution in [0, 0.1) is 5.92 Å². The third kappa shape index (κ3) is 2.27. The van der Waals surface area contributed by atoms with Gasteiger partial charge in [-0.15, -0.1) is 0 Å². The molecule has 1 fully saturated rings. The lowest BCUT2D eigenvalue weighted by molar-refractivity contribution is -0.124. The van der Waals surface area contributed by atoms with Gasteiger partial charge in [0.15, 0.2) is 6.10 Å². The van der Waals surface area contributed by atoms with Crippen LogP contribution in [0.3, 0.4) is 0 Å². The Morgan fingerprint density at radius 2 is 2.00 bits per heavy atom. The van der Waals surface area contributed by atoms with Gasteiger partial charge in [-0.3, -0.25) is 4.79 Å². The Labute approximate surface area is 98.0 Å². The third-order valence-electron chi connectivity index (χ3n) is 2.37. The number of ether oxygens (including phenoxy) is 1. The summed E-state index contributed by atoms with van der Waals surface area (Å²) in [6.07, 6.45) is -1.04. The van der Waals surface area contributed by atoms with Gasteiger partial charge in [0.2, 0.25) is 3.79 Å². The maximum atomic E-state index is 11.5. The van der Waals surface area contributed by atoms with Crippen molar-refractivity contribution in [3.05, 3.63) is 0 Å². The van der Waals surface area contributed by atoms with Crippen LogP contribution >= 0.6 is 34.8 Å². The smallest absolute Gasteiger partial charge is 0.255 e. The molecule has 0 saturated carbocycles. The summed E-state index contributed by atoms with van der Waals surface area (Å²) in [6.45, 7) is 5.59. The second-order valence-electron chi connectivity index (χ2n) is 3.79. The molecule has 0 spiro atoms. The van der Waals surface area contributed by atoms with Gasteiger partial charge < -0.3 is 10.1 Å². The molecule has 0 unspecified atom stereocenters. The van der Waals surface area contributed by atoms with Crippen molar-refractivity contribution in [1.29, 1.82) is 0 Å². The number of amides is 1. The molecular weight excluding hydrogens is 248 g/mol. The topological polar surface area (TPSA) is 38.3 Å². The molecule has 1 amide bonds. The van der Waals surface area contributed by atoms with E-state index in [4.69, 9.17) is 39.5 Å². The van der Waals surface area contributed by atoms with E-state index < -0.39 is 15.6 Å². The van der Waals surface area contributed by atoms with Gasteiger partial charge in [0.05, 0.1) is 0 Å². The molecule has 1 heterocycles. The first-order valence-electron chi connectivity index (χ1n) is 4.23. The van der Waals surface area contributed by atoms with Crippen molar-refractivity contribution in [1.82, 2.24) is 5.32 Å². The van der Waals surface area contributed by atoms with E-state index in [1.54, 1.807) is 6.92 Å². The highest BCUT2D eigenvalue weighted by molar-refractivity contribution is 6.68. The number of halogens is 3. The van der Waals surface area contributed by atoms with Crippen LogP contribution in [0.5, 0.6) is 0 Å². The number of alkyl halides is 3. The highest BCUT2D eigenvalue weighted by Crippen LogP contribution is 2.39. The predicted octanol–water partition coefficient (Wildman–Crippen LogP) is 2.24. The highest BCUT2D eigenvalue weighted by Gasteiger charge is 2.52. The van der Waals surface area contributed by atoms with E-state index in [2.05, 4.69) is 5.32 Å². The maximum Gasteiger partial charge on any atom is 0.255 e. The lowest BCUT2D eigenvalue weighted by atomic mass is 10.0. The molecule has 3 nitrogen and oxygen atoms in total. The quantitative estimate of drug-likeness (QED) is 0.734. The average Bonchev–Trinajstić information content (AvgIpc) is 2.26. The Morgan fingerprint density at radius 1 is 1.50 bits per heavy atom. The highest BCUT2D eigenvalue weighted by atomic mass is 35.6. The summed E-state index contributed by atoms with van der Waals surface area (Å²) >= 11 is 16.8. The van der Waals surface area contributed by atoms with E-state index >= 15 is 0 Å². The van der Waals surface area contributed by atoms with E-state index in [0.29, 0.717) is 0 Å². The van der Waals surface area contributed by atoms with Crippen LogP contribution in [0.25, 0.3) is 0 Å². The van der Waals surface area contributed by atoms with Gasteiger partial charge in [-0.2, -0.15) is 0 Å². The average molecular weight is 261 g/mol. The second kappa shape index (κ2) is 3.71. The fraction of sp³-hybridized carbons (Fsp3) is 0.875. The van der Waals surface area contributed by atoms with E-state index in [9.17, 15) is 4.79 Å². The van der Waals surface area contributed by atoms with E-state index in [-0.39, 0.29) is 11.8 Å². The minimum Gasteiger partial charge on any atom is -0.338 e. The summed E-state index contributed by atoms with van der Waals surface area (Å²) in [5.41, 5.74) is -0.758. The van der Waals surface area contributed by atoms with Crippen LogP contribution in [0.15, 0.2) is 0 Å². The van der Waals surface area contributed by atoms with Crippen LogP contribution in [0.2, 0.25) is 0 Å². The maximum absolute atomic E-state index is 11.5. The molecule has 0 radical (unpaired) electrons. The SMILES string of the molecule is CC(C)[C@]1(C)NC(=O)[C@@H](C(Cl)(Cl)Cl)O1. The minimum atomic E-state index is -1.73. The first kappa shape index (κ1) is 12.4. The van der Waals surface area contributed by atoms with Gasteiger partial charge in [-0.25, -0.2) is 0 Å². The monoisotopic (exact) mass is 259 g/mol. The van der Waals surface area contributed by atoms with Gasteiger partial charge in [-0.1, -0.05) is 48.7 Å². The van der Waals surface area contributed by atoms with Gasteiger partial charge in [-0.05, 0) is 6.92 Å². The van der Waals surface area contributed by atoms with Gasteiger partial charge in [0, 0.05) is 5.92 Å². The van der Waals surface area contributed by atoms with Crippen molar-refractivity contribution in [3.63, 3.8) is 0 Å². The van der Waals surface area contributed by atoms with Crippen molar-refractivity contribution in [2.75, 3.05) is 0 Å². The fourth-order valence-electron chi connectivity index (χ4n) is 1.13. The lowest BCUT2D eigenvalue weighted by Gasteiger charge is -2.28. The molecule has 1 N–H and O–H groups in total. The summed E-state index contributed by atoms with van der Waals surface area (Å²) in [6, 6.07) is 0. The van der Waals surface area contributed by atoms with Gasteiger partial charge >= 0.3 is 0 Å². The molecule has 0 aromatic carbocycles. The summed E-state index contributed by atoms with van der Waals surface area (Å²) < 4.78 is 3.71. The molecule has 0 bridgehead atoms. The van der Waals surface area contributed by atoms with Gasteiger partial charge in [0.1, 0.15) is 5.72 Å². The number of carbonyl (C=O) groups excluding carboxylic acids is 1. The zero-order valence-corrected chi connectivity index (χ0v) is 10.4. The molecule has 2 atom stereocenters.